The molecule has 0 radical (unpaired) electrons. The van der Waals surface area contributed by atoms with Crippen molar-refractivity contribution in [3.05, 3.63) is 253 Å². The van der Waals surface area contributed by atoms with Gasteiger partial charge in [0, 0.05) is 16.7 Å². The van der Waals surface area contributed by atoms with Crippen LogP contribution in [0, 0.1) is 0 Å². The van der Waals surface area contributed by atoms with Gasteiger partial charge in [-0.25, -0.2) is 9.97 Å². The van der Waals surface area contributed by atoms with E-state index in [9.17, 15) is 0 Å². The zero-order valence-corrected chi connectivity index (χ0v) is 34.3. The minimum Gasteiger partial charge on any atom is -0.228 e. The van der Waals surface area contributed by atoms with Crippen molar-refractivity contribution < 1.29 is 0 Å². The van der Waals surface area contributed by atoms with Crippen molar-refractivity contribution in [2.45, 2.75) is 5.41 Å². The Labute approximate surface area is 366 Å². The zero-order valence-electron chi connectivity index (χ0n) is 34.3. The van der Waals surface area contributed by atoms with Crippen LogP contribution in [0.4, 0.5) is 0 Å². The van der Waals surface area contributed by atoms with E-state index in [1.54, 1.807) is 0 Å². The van der Waals surface area contributed by atoms with E-state index in [1.165, 1.54) is 82.7 Å². The molecule has 10 aromatic carbocycles. The molecule has 2 aliphatic rings. The van der Waals surface area contributed by atoms with Crippen LogP contribution in [0.15, 0.2) is 231 Å². The quantitative estimate of drug-likeness (QED) is 0.173. The first-order valence-corrected chi connectivity index (χ1v) is 21.7. The van der Waals surface area contributed by atoms with Crippen LogP contribution < -0.4 is 0 Å². The lowest BCUT2D eigenvalue weighted by Crippen LogP contribution is -2.26. The van der Waals surface area contributed by atoms with Crippen LogP contribution in [0.3, 0.4) is 0 Å². The van der Waals surface area contributed by atoms with Crippen molar-refractivity contribution >= 4 is 21.5 Å². The lowest BCUT2D eigenvalue weighted by atomic mass is 9.69. The van der Waals surface area contributed by atoms with Crippen LogP contribution in [0.1, 0.15) is 22.3 Å². The van der Waals surface area contributed by atoms with E-state index < -0.39 is 5.41 Å². The molecule has 1 heterocycles. The monoisotopic (exact) mass is 798 g/mol. The zero-order chi connectivity index (χ0) is 41.5. The summed E-state index contributed by atoms with van der Waals surface area (Å²) in [6, 6.07) is 83.9. The molecule has 0 atom stereocenters. The number of rotatable bonds is 5. The second kappa shape index (κ2) is 13.9. The van der Waals surface area contributed by atoms with Gasteiger partial charge in [0.1, 0.15) is 0 Å². The fourth-order valence-corrected chi connectivity index (χ4v) is 10.7. The molecular formula is C61H38N2. The van der Waals surface area contributed by atoms with E-state index in [-0.39, 0.29) is 0 Å². The van der Waals surface area contributed by atoms with E-state index in [2.05, 4.69) is 206 Å². The molecule has 2 nitrogen and oxygen atoms in total. The van der Waals surface area contributed by atoms with Crippen LogP contribution in [-0.4, -0.2) is 9.97 Å². The Morgan fingerprint density at radius 3 is 1.46 bits per heavy atom. The summed E-state index contributed by atoms with van der Waals surface area (Å²) in [4.78, 5) is 10.2. The Balaban J connectivity index is 0.922. The average Bonchev–Trinajstić information content (AvgIpc) is 3.84. The van der Waals surface area contributed by atoms with Gasteiger partial charge in [-0.2, -0.15) is 0 Å². The van der Waals surface area contributed by atoms with Gasteiger partial charge in [-0.15, -0.1) is 0 Å². The lowest BCUT2D eigenvalue weighted by molar-refractivity contribution is 0.802. The molecule has 1 aromatic heterocycles. The Bertz CT molecular complexity index is 3540. The minimum absolute atomic E-state index is 0.427. The first-order chi connectivity index (χ1) is 31.2. The molecule has 0 fully saturated rings. The standard InChI is InChI=1S/C61H38N2/c1-3-13-39(14-4-1)40-23-27-43(28-24-40)56-38-57(63-60(62-56)45-16-5-2-6-17-45)44-29-25-41(26-30-44)46-31-34-49-47(37-46)32-35-52-58-48-18-8-7-15-42(48)33-36-55(58)61(59(49)52)53-21-11-9-19-50(53)51-20-10-12-22-54(51)61/h1-38H. The highest BCUT2D eigenvalue weighted by Crippen LogP contribution is 2.65. The third-order valence-corrected chi connectivity index (χ3v) is 13.5. The highest BCUT2D eigenvalue weighted by Gasteiger charge is 2.52. The molecule has 11 aromatic rings. The largest absolute Gasteiger partial charge is 0.228 e. The summed E-state index contributed by atoms with van der Waals surface area (Å²) in [5, 5.41) is 5.10. The predicted molar refractivity (Wildman–Crippen MR) is 261 cm³/mol. The molecule has 0 saturated carbocycles. The van der Waals surface area contributed by atoms with Crippen LogP contribution in [-0.2, 0) is 5.41 Å². The van der Waals surface area contributed by atoms with Gasteiger partial charge >= 0.3 is 0 Å². The van der Waals surface area contributed by atoms with E-state index in [0.29, 0.717) is 5.82 Å². The lowest BCUT2D eigenvalue weighted by Gasteiger charge is -2.31. The number of fused-ring (bicyclic) bond motifs is 14. The maximum absolute atomic E-state index is 5.13. The van der Waals surface area contributed by atoms with Gasteiger partial charge in [-0.05, 0) is 100 Å². The molecule has 1 spiro atoms. The molecule has 13 rings (SSSR count). The van der Waals surface area contributed by atoms with E-state index in [0.717, 1.165) is 33.6 Å². The van der Waals surface area contributed by atoms with Crippen molar-refractivity contribution in [3.63, 3.8) is 0 Å². The maximum atomic E-state index is 5.13. The van der Waals surface area contributed by atoms with Gasteiger partial charge in [-0.3, -0.25) is 0 Å². The summed E-state index contributed by atoms with van der Waals surface area (Å²) in [7, 11) is 0. The van der Waals surface area contributed by atoms with Crippen LogP contribution >= 0.6 is 0 Å². The van der Waals surface area contributed by atoms with Crippen molar-refractivity contribution in [3.8, 4) is 78.4 Å². The molecule has 0 amide bonds. The molecule has 2 heteroatoms. The first-order valence-electron chi connectivity index (χ1n) is 21.7. The van der Waals surface area contributed by atoms with Gasteiger partial charge in [-0.1, -0.05) is 218 Å². The molecular weight excluding hydrogens is 761 g/mol. The Morgan fingerprint density at radius 1 is 0.286 bits per heavy atom. The SMILES string of the molecule is c1ccc(-c2ccc(-c3cc(-c4ccc(-c5ccc6c7c(ccc6c5)-c5c(ccc6ccccc56)C75c6ccccc6-c6ccccc65)cc4)nc(-c4ccccc4)n3)cc2)cc1. The third-order valence-electron chi connectivity index (χ3n) is 13.5. The van der Waals surface area contributed by atoms with Crippen LogP contribution in [0.25, 0.3) is 100.0 Å². The van der Waals surface area contributed by atoms with E-state index in [4.69, 9.17) is 9.97 Å². The summed E-state index contributed by atoms with van der Waals surface area (Å²) in [5.41, 5.74) is 20.0. The summed E-state index contributed by atoms with van der Waals surface area (Å²) in [6.07, 6.45) is 0. The highest BCUT2D eigenvalue weighted by atomic mass is 14.9. The number of hydrogen-bond acceptors (Lipinski definition) is 2. The van der Waals surface area contributed by atoms with Gasteiger partial charge in [0.25, 0.3) is 0 Å². The summed E-state index contributed by atoms with van der Waals surface area (Å²) in [6.45, 7) is 0. The van der Waals surface area contributed by atoms with Crippen LogP contribution in [0.2, 0.25) is 0 Å². The van der Waals surface area contributed by atoms with Crippen molar-refractivity contribution in [2.24, 2.45) is 0 Å². The van der Waals surface area contributed by atoms with E-state index in [1.807, 2.05) is 24.3 Å². The van der Waals surface area contributed by atoms with Gasteiger partial charge in [0.15, 0.2) is 5.82 Å². The van der Waals surface area contributed by atoms with Crippen molar-refractivity contribution in [1.82, 2.24) is 9.97 Å². The second-order valence-corrected chi connectivity index (χ2v) is 16.8. The van der Waals surface area contributed by atoms with E-state index >= 15 is 0 Å². The van der Waals surface area contributed by atoms with Crippen LogP contribution in [0.5, 0.6) is 0 Å². The number of benzene rings is 10. The first kappa shape index (κ1) is 35.5. The molecule has 63 heavy (non-hydrogen) atoms. The average molecular weight is 799 g/mol. The van der Waals surface area contributed by atoms with Crippen molar-refractivity contribution in [2.75, 3.05) is 0 Å². The molecule has 0 unspecified atom stereocenters. The molecule has 0 saturated heterocycles. The maximum Gasteiger partial charge on any atom is 0.160 e. The Kier molecular flexibility index (Phi) is 7.85. The fraction of sp³-hybridized carbons (Fsp3) is 0.0164. The highest BCUT2D eigenvalue weighted by molar-refractivity contribution is 6.11. The molecule has 0 bridgehead atoms. The number of hydrogen-bond donors (Lipinski definition) is 0. The normalized spacial score (nSPS) is 12.9. The van der Waals surface area contributed by atoms with Gasteiger partial charge < -0.3 is 0 Å². The van der Waals surface area contributed by atoms with Gasteiger partial charge in [0.05, 0.1) is 16.8 Å². The summed E-state index contributed by atoms with van der Waals surface area (Å²) in [5.74, 6) is 0.710. The minimum atomic E-state index is -0.427. The molecule has 0 N–H and O–H groups in total. The van der Waals surface area contributed by atoms with Crippen molar-refractivity contribution in [1.29, 1.82) is 0 Å². The third kappa shape index (κ3) is 5.38. The Morgan fingerprint density at radius 2 is 0.794 bits per heavy atom. The summed E-state index contributed by atoms with van der Waals surface area (Å²) < 4.78 is 0. The molecule has 2 aliphatic carbocycles. The van der Waals surface area contributed by atoms with Gasteiger partial charge in [0.2, 0.25) is 0 Å². The Hall–Kier alpha value is -8.20. The fourth-order valence-electron chi connectivity index (χ4n) is 10.7. The predicted octanol–water partition coefficient (Wildman–Crippen LogP) is 15.5. The topological polar surface area (TPSA) is 25.8 Å². The second-order valence-electron chi connectivity index (χ2n) is 16.8. The summed E-state index contributed by atoms with van der Waals surface area (Å²) >= 11 is 0. The molecule has 292 valence electrons. The number of nitrogens with zero attached hydrogens (tertiary/aromatic N) is 2. The number of aromatic nitrogens is 2. The smallest absolute Gasteiger partial charge is 0.160 e. The molecule has 0 aliphatic heterocycles.